The maximum Gasteiger partial charge on any atom is 0.232 e. The van der Waals surface area contributed by atoms with Crippen LogP contribution in [-0.4, -0.2) is 19.2 Å². The van der Waals surface area contributed by atoms with Crippen LogP contribution in [0.25, 0.3) is 12.2 Å². The number of benzene rings is 2. The van der Waals surface area contributed by atoms with Crippen molar-refractivity contribution in [1.82, 2.24) is 4.98 Å². The molecule has 0 aliphatic carbocycles. The van der Waals surface area contributed by atoms with Gasteiger partial charge in [0.05, 0.1) is 14.2 Å². The Labute approximate surface area is 164 Å². The highest BCUT2D eigenvalue weighted by Gasteiger charge is 2.11. The molecule has 2 aromatic carbocycles. The van der Waals surface area contributed by atoms with Crippen molar-refractivity contribution in [2.45, 2.75) is 13.5 Å². The van der Waals surface area contributed by atoms with Crippen LogP contribution < -0.4 is 14.8 Å². The molecule has 0 aliphatic rings. The fourth-order valence-electron chi connectivity index (χ4n) is 2.62. The second-order valence-electron chi connectivity index (χ2n) is 6.13. The van der Waals surface area contributed by atoms with Gasteiger partial charge >= 0.3 is 0 Å². The van der Waals surface area contributed by atoms with Gasteiger partial charge in [0.1, 0.15) is 6.07 Å². The minimum Gasteiger partial charge on any atom is -0.493 e. The summed E-state index contributed by atoms with van der Waals surface area (Å²) in [7, 11) is 3.18. The van der Waals surface area contributed by atoms with Crippen molar-refractivity contribution in [2.24, 2.45) is 0 Å². The number of anilines is 1. The number of hydrogen-bond donors (Lipinski definition) is 1. The largest absolute Gasteiger partial charge is 0.493 e. The zero-order valence-corrected chi connectivity index (χ0v) is 16.0. The van der Waals surface area contributed by atoms with Crippen molar-refractivity contribution in [1.29, 1.82) is 5.26 Å². The number of aromatic nitrogens is 1. The highest BCUT2D eigenvalue weighted by Crippen LogP contribution is 2.28. The first-order valence-corrected chi connectivity index (χ1v) is 8.73. The van der Waals surface area contributed by atoms with Crippen molar-refractivity contribution < 1.29 is 13.9 Å². The minimum absolute atomic E-state index is 0.221. The quantitative estimate of drug-likeness (QED) is 0.647. The molecule has 1 heterocycles. The monoisotopic (exact) mass is 375 g/mol. The summed E-state index contributed by atoms with van der Waals surface area (Å²) in [6, 6.07) is 15.8. The lowest BCUT2D eigenvalue weighted by molar-refractivity contribution is 0.355. The standard InChI is InChI=1S/C22H21N3O3/c1-15-4-6-17(7-5-15)14-24-22-18(13-23)25-21(28-22)11-9-16-8-10-19(26-2)20(12-16)27-3/h4-12,24H,14H2,1-3H3/b11-9+. The lowest BCUT2D eigenvalue weighted by Gasteiger charge is -2.07. The van der Waals surface area contributed by atoms with Gasteiger partial charge in [0.2, 0.25) is 17.5 Å². The SMILES string of the molecule is COc1ccc(/C=C/c2nc(C#N)c(NCc3ccc(C)cc3)o2)cc1OC. The second-order valence-corrected chi connectivity index (χ2v) is 6.13. The summed E-state index contributed by atoms with van der Waals surface area (Å²) < 4.78 is 16.2. The van der Waals surface area contributed by atoms with Crippen molar-refractivity contribution >= 4 is 18.0 Å². The number of nitriles is 1. The highest BCUT2D eigenvalue weighted by molar-refractivity contribution is 5.69. The predicted molar refractivity (Wildman–Crippen MR) is 108 cm³/mol. The Morgan fingerprint density at radius 1 is 1.07 bits per heavy atom. The average Bonchev–Trinajstić information content (AvgIpc) is 3.13. The van der Waals surface area contributed by atoms with Crippen LogP contribution in [0, 0.1) is 18.3 Å². The van der Waals surface area contributed by atoms with E-state index in [1.165, 1.54) is 5.56 Å². The van der Waals surface area contributed by atoms with E-state index < -0.39 is 0 Å². The molecule has 0 amide bonds. The highest BCUT2D eigenvalue weighted by atomic mass is 16.5. The zero-order chi connectivity index (χ0) is 19.9. The van der Waals surface area contributed by atoms with Gasteiger partial charge in [0.25, 0.3) is 0 Å². The molecule has 0 saturated heterocycles. The molecule has 6 nitrogen and oxygen atoms in total. The van der Waals surface area contributed by atoms with Gasteiger partial charge in [-0.15, -0.1) is 0 Å². The van der Waals surface area contributed by atoms with Gasteiger partial charge in [0.15, 0.2) is 11.5 Å². The minimum atomic E-state index is 0.221. The van der Waals surface area contributed by atoms with Gasteiger partial charge in [-0.25, -0.2) is 0 Å². The van der Waals surface area contributed by atoms with Crippen LogP contribution in [0.5, 0.6) is 11.5 Å². The lowest BCUT2D eigenvalue weighted by Crippen LogP contribution is -1.99. The van der Waals surface area contributed by atoms with Gasteiger partial charge in [-0.3, -0.25) is 0 Å². The third-order valence-electron chi connectivity index (χ3n) is 4.15. The van der Waals surface area contributed by atoms with Crippen LogP contribution in [0.4, 0.5) is 5.88 Å². The fourth-order valence-corrected chi connectivity index (χ4v) is 2.62. The molecule has 0 radical (unpaired) electrons. The summed E-state index contributed by atoms with van der Waals surface area (Å²) in [6.45, 7) is 2.58. The van der Waals surface area contributed by atoms with Crippen LogP contribution in [0.15, 0.2) is 46.9 Å². The topological polar surface area (TPSA) is 80.3 Å². The van der Waals surface area contributed by atoms with Crippen molar-refractivity contribution in [2.75, 3.05) is 19.5 Å². The normalized spacial score (nSPS) is 10.6. The Morgan fingerprint density at radius 2 is 1.82 bits per heavy atom. The van der Waals surface area contributed by atoms with E-state index in [9.17, 15) is 5.26 Å². The molecule has 0 spiro atoms. The number of oxazole rings is 1. The van der Waals surface area contributed by atoms with Gasteiger partial charge < -0.3 is 19.2 Å². The number of hydrogen-bond acceptors (Lipinski definition) is 6. The van der Waals surface area contributed by atoms with Gasteiger partial charge in [0, 0.05) is 12.6 Å². The number of nitrogens with zero attached hydrogens (tertiary/aromatic N) is 2. The van der Waals surface area contributed by atoms with E-state index in [-0.39, 0.29) is 5.69 Å². The summed E-state index contributed by atoms with van der Waals surface area (Å²) in [5.74, 6) is 1.99. The number of methoxy groups -OCH3 is 2. The molecule has 1 aromatic heterocycles. The van der Waals surface area contributed by atoms with E-state index in [4.69, 9.17) is 13.9 Å². The Balaban J connectivity index is 1.74. The zero-order valence-electron chi connectivity index (χ0n) is 16.0. The third-order valence-corrected chi connectivity index (χ3v) is 4.15. The smallest absolute Gasteiger partial charge is 0.232 e. The maximum absolute atomic E-state index is 9.31. The predicted octanol–water partition coefficient (Wildman–Crippen LogP) is 4.65. The molecular weight excluding hydrogens is 354 g/mol. The first-order valence-electron chi connectivity index (χ1n) is 8.73. The van der Waals surface area contributed by atoms with Gasteiger partial charge in [-0.05, 0) is 36.3 Å². The summed E-state index contributed by atoms with van der Waals surface area (Å²) in [5, 5.41) is 12.4. The lowest BCUT2D eigenvalue weighted by atomic mass is 10.1. The van der Waals surface area contributed by atoms with Crippen LogP contribution in [0.3, 0.4) is 0 Å². The third kappa shape index (κ3) is 4.51. The van der Waals surface area contributed by atoms with E-state index in [0.29, 0.717) is 29.8 Å². The molecular formula is C22H21N3O3. The van der Waals surface area contributed by atoms with Crippen LogP contribution in [0.1, 0.15) is 28.3 Å². The van der Waals surface area contributed by atoms with E-state index in [2.05, 4.69) is 16.4 Å². The number of aryl methyl sites for hydroxylation is 1. The molecule has 0 bridgehead atoms. The molecule has 0 aliphatic heterocycles. The number of rotatable bonds is 7. The maximum atomic E-state index is 9.31. The molecule has 3 aromatic rings. The van der Waals surface area contributed by atoms with Gasteiger partial charge in [-0.1, -0.05) is 35.9 Å². The van der Waals surface area contributed by atoms with E-state index >= 15 is 0 Å². The number of ether oxygens (including phenoxy) is 2. The second kappa shape index (κ2) is 8.78. The summed E-state index contributed by atoms with van der Waals surface area (Å²) in [4.78, 5) is 4.21. The van der Waals surface area contributed by atoms with Crippen molar-refractivity contribution in [3.8, 4) is 17.6 Å². The van der Waals surface area contributed by atoms with E-state index in [1.807, 2.05) is 55.5 Å². The summed E-state index contributed by atoms with van der Waals surface area (Å²) in [6.07, 6.45) is 3.54. The van der Waals surface area contributed by atoms with Crippen molar-refractivity contribution in [3.63, 3.8) is 0 Å². The fraction of sp³-hybridized carbons (Fsp3) is 0.182. The Kier molecular flexibility index (Phi) is 5.97. The van der Waals surface area contributed by atoms with Gasteiger partial charge in [-0.2, -0.15) is 10.2 Å². The molecule has 0 unspecified atom stereocenters. The van der Waals surface area contributed by atoms with Crippen LogP contribution >= 0.6 is 0 Å². The molecule has 3 rings (SSSR count). The van der Waals surface area contributed by atoms with E-state index in [1.54, 1.807) is 20.3 Å². The molecule has 0 saturated carbocycles. The Bertz CT molecular complexity index is 1010. The summed E-state index contributed by atoms with van der Waals surface area (Å²) >= 11 is 0. The Hall–Kier alpha value is -3.72. The number of nitrogens with one attached hydrogen (secondary N) is 1. The van der Waals surface area contributed by atoms with Crippen LogP contribution in [-0.2, 0) is 6.54 Å². The molecule has 6 heteroatoms. The average molecular weight is 375 g/mol. The molecule has 142 valence electrons. The molecule has 1 N–H and O–H groups in total. The molecule has 28 heavy (non-hydrogen) atoms. The molecule has 0 atom stereocenters. The first kappa shape index (κ1) is 19.1. The van der Waals surface area contributed by atoms with Crippen molar-refractivity contribution in [3.05, 3.63) is 70.7 Å². The van der Waals surface area contributed by atoms with E-state index in [0.717, 1.165) is 11.1 Å². The first-order chi connectivity index (χ1) is 13.6. The van der Waals surface area contributed by atoms with Crippen LogP contribution in [0.2, 0.25) is 0 Å². The molecule has 0 fully saturated rings. The summed E-state index contributed by atoms with van der Waals surface area (Å²) in [5.41, 5.74) is 3.40. The Morgan fingerprint density at radius 3 is 2.50 bits per heavy atom.